The van der Waals surface area contributed by atoms with Gasteiger partial charge in [-0.25, -0.2) is 4.79 Å². The molecule has 0 aromatic heterocycles. The van der Waals surface area contributed by atoms with E-state index in [1.54, 1.807) is 4.90 Å². The van der Waals surface area contributed by atoms with E-state index in [1.807, 2.05) is 99.6 Å². The van der Waals surface area contributed by atoms with Crippen molar-refractivity contribution in [3.05, 3.63) is 142 Å². The van der Waals surface area contributed by atoms with Crippen LogP contribution in [0.5, 0.6) is 0 Å². The number of amides is 1. The molecule has 0 spiro atoms. The molecule has 41 heavy (non-hydrogen) atoms. The lowest BCUT2D eigenvalue weighted by molar-refractivity contribution is -0.0831. The van der Waals surface area contributed by atoms with Gasteiger partial charge in [0, 0.05) is 10.4 Å². The van der Waals surface area contributed by atoms with Crippen LogP contribution in [-0.4, -0.2) is 35.3 Å². The van der Waals surface area contributed by atoms with Gasteiger partial charge in [0.2, 0.25) is 0 Å². The molecule has 1 amide bonds. The second-order valence-electron chi connectivity index (χ2n) is 11.2. The van der Waals surface area contributed by atoms with E-state index in [2.05, 4.69) is 58.4 Å². The van der Waals surface area contributed by atoms with Gasteiger partial charge in [0.15, 0.2) is 0 Å². The van der Waals surface area contributed by atoms with Gasteiger partial charge in [-0.1, -0.05) is 119 Å². The summed E-state index contributed by atoms with van der Waals surface area (Å²) in [6.07, 6.45) is -0.518. The summed E-state index contributed by atoms with van der Waals surface area (Å²) in [6, 6.07) is 39.6. The molecule has 4 aromatic carbocycles. The molecule has 1 heterocycles. The van der Waals surface area contributed by atoms with E-state index >= 15 is 0 Å². The summed E-state index contributed by atoms with van der Waals surface area (Å²) in [5.74, 6) is -0.249. The topological polar surface area (TPSA) is 62.6 Å². The van der Waals surface area contributed by atoms with Crippen molar-refractivity contribution in [2.24, 2.45) is 0 Å². The van der Waals surface area contributed by atoms with Crippen molar-refractivity contribution in [1.82, 2.24) is 4.90 Å². The molecular weight excluding hydrogens is 576 g/mol. The van der Waals surface area contributed by atoms with E-state index in [-0.39, 0.29) is 12.5 Å². The van der Waals surface area contributed by atoms with Crippen LogP contribution in [0.25, 0.3) is 0 Å². The Bertz CT molecular complexity index is 1400. The maximum Gasteiger partial charge on any atom is 0.411 e. The van der Waals surface area contributed by atoms with E-state index in [9.17, 15) is 10.1 Å². The van der Waals surface area contributed by atoms with Gasteiger partial charge >= 0.3 is 6.09 Å². The number of rotatable bonds is 7. The van der Waals surface area contributed by atoms with Crippen molar-refractivity contribution >= 4 is 22.0 Å². The molecule has 1 aliphatic rings. The first kappa shape index (κ1) is 28.6. The largest absolute Gasteiger partial charge is 0.444 e. The molecule has 0 bridgehead atoms. The monoisotopic (exact) mass is 608 g/mol. The highest BCUT2D eigenvalue weighted by Crippen LogP contribution is 2.45. The second kappa shape index (κ2) is 11.9. The lowest BCUT2D eigenvalue weighted by Crippen LogP contribution is -2.66. The molecule has 0 N–H and O–H groups in total. The van der Waals surface area contributed by atoms with Crippen molar-refractivity contribution in [2.45, 2.75) is 50.0 Å². The highest BCUT2D eigenvalue weighted by molar-refractivity contribution is 9.10. The van der Waals surface area contributed by atoms with Crippen molar-refractivity contribution in [2.75, 3.05) is 6.61 Å². The van der Waals surface area contributed by atoms with Gasteiger partial charge in [-0.2, -0.15) is 5.26 Å². The summed E-state index contributed by atoms with van der Waals surface area (Å²) in [4.78, 5) is 15.0. The van der Waals surface area contributed by atoms with Gasteiger partial charge in [0.25, 0.3) is 0 Å². The maximum absolute atomic E-state index is 13.5. The lowest BCUT2D eigenvalue weighted by Gasteiger charge is -2.52. The normalized spacial score (nSPS) is 18.7. The molecule has 1 saturated heterocycles. The number of hydrogen-bond acceptors (Lipinski definition) is 4. The summed E-state index contributed by atoms with van der Waals surface area (Å²) in [5, 5.41) is 10.2. The number of carbonyl (C=O) groups excluding carboxylic acids is 1. The number of halogens is 1. The van der Waals surface area contributed by atoms with Crippen LogP contribution < -0.4 is 0 Å². The lowest BCUT2D eigenvalue weighted by atomic mass is 9.75. The summed E-state index contributed by atoms with van der Waals surface area (Å²) < 4.78 is 13.8. The Morgan fingerprint density at radius 1 is 0.805 bits per heavy atom. The third kappa shape index (κ3) is 5.79. The SMILES string of the molecule is CC(C)(C)OC(=O)N1[C@H](COC(c2ccccc2)(c2ccccc2)c2ccccc2)[C@@H](c2ccc(Br)cc2)[C@@H]1C#N. The van der Waals surface area contributed by atoms with Gasteiger partial charge in [-0.3, -0.25) is 4.90 Å². The Hall–Kier alpha value is -3.92. The third-order valence-electron chi connectivity index (χ3n) is 7.41. The van der Waals surface area contributed by atoms with Crippen molar-refractivity contribution in [1.29, 1.82) is 5.26 Å². The fourth-order valence-electron chi connectivity index (χ4n) is 5.62. The molecule has 0 unspecified atom stereocenters. The van der Waals surface area contributed by atoms with Crippen molar-refractivity contribution in [3.8, 4) is 6.07 Å². The standard InChI is InChI=1S/C35H33BrN2O3/c1-34(2,3)41-33(39)38-30(23-37)32(25-19-21-29(36)22-20-25)31(38)24-40-35(26-13-7-4-8-14-26,27-15-9-5-10-16-27)28-17-11-6-12-18-28/h4-22,30-32H,24H2,1-3H3/t30-,31+,32-/m0/s1. The first-order chi connectivity index (χ1) is 19.7. The summed E-state index contributed by atoms with van der Waals surface area (Å²) in [7, 11) is 0. The first-order valence-electron chi connectivity index (χ1n) is 13.7. The molecule has 1 aliphatic heterocycles. The summed E-state index contributed by atoms with van der Waals surface area (Å²) >= 11 is 3.51. The van der Waals surface area contributed by atoms with Gasteiger partial charge < -0.3 is 9.47 Å². The molecule has 0 radical (unpaired) electrons. The Balaban J connectivity index is 1.60. The van der Waals surface area contributed by atoms with Crippen LogP contribution in [0.4, 0.5) is 4.79 Å². The van der Waals surface area contributed by atoms with Crippen LogP contribution in [0.1, 0.15) is 48.9 Å². The van der Waals surface area contributed by atoms with Gasteiger partial charge in [-0.15, -0.1) is 0 Å². The quantitative estimate of drug-likeness (QED) is 0.199. The van der Waals surface area contributed by atoms with Gasteiger partial charge in [0.05, 0.1) is 18.7 Å². The van der Waals surface area contributed by atoms with Crippen LogP contribution in [0.2, 0.25) is 0 Å². The first-order valence-corrected chi connectivity index (χ1v) is 14.5. The predicted octanol–water partition coefficient (Wildman–Crippen LogP) is 8.05. The van der Waals surface area contributed by atoms with Crippen molar-refractivity contribution < 1.29 is 14.3 Å². The summed E-state index contributed by atoms with van der Waals surface area (Å²) in [6.45, 7) is 5.66. The molecule has 4 aromatic rings. The number of ether oxygens (including phenoxy) is 2. The minimum absolute atomic E-state index is 0.177. The fourth-order valence-corrected chi connectivity index (χ4v) is 5.88. The zero-order valence-corrected chi connectivity index (χ0v) is 25.0. The number of nitriles is 1. The predicted molar refractivity (Wildman–Crippen MR) is 163 cm³/mol. The average Bonchev–Trinajstić information content (AvgIpc) is 2.96. The van der Waals surface area contributed by atoms with Crippen LogP contribution in [0.3, 0.4) is 0 Å². The molecule has 0 aliphatic carbocycles. The van der Waals surface area contributed by atoms with E-state index in [0.29, 0.717) is 0 Å². The highest BCUT2D eigenvalue weighted by atomic mass is 79.9. The Morgan fingerprint density at radius 2 is 1.27 bits per heavy atom. The van der Waals surface area contributed by atoms with Crippen LogP contribution in [0, 0.1) is 11.3 Å². The third-order valence-corrected chi connectivity index (χ3v) is 7.94. The minimum atomic E-state index is -0.953. The molecule has 6 heteroatoms. The number of benzene rings is 4. The molecule has 3 atom stereocenters. The zero-order chi connectivity index (χ0) is 29.0. The van der Waals surface area contributed by atoms with Gasteiger partial charge in [0.1, 0.15) is 17.2 Å². The average molecular weight is 610 g/mol. The van der Waals surface area contributed by atoms with Crippen LogP contribution >= 0.6 is 15.9 Å². The van der Waals surface area contributed by atoms with E-state index in [0.717, 1.165) is 26.7 Å². The fraction of sp³-hybridized carbons (Fsp3) is 0.257. The van der Waals surface area contributed by atoms with E-state index in [4.69, 9.17) is 9.47 Å². The Labute approximate surface area is 250 Å². The molecule has 5 nitrogen and oxygen atoms in total. The van der Waals surface area contributed by atoms with E-state index in [1.165, 1.54) is 0 Å². The molecule has 208 valence electrons. The van der Waals surface area contributed by atoms with Crippen molar-refractivity contribution in [3.63, 3.8) is 0 Å². The van der Waals surface area contributed by atoms with Gasteiger partial charge in [-0.05, 0) is 55.2 Å². The second-order valence-corrected chi connectivity index (χ2v) is 12.1. The molecule has 5 rings (SSSR count). The number of carbonyl (C=O) groups is 1. The summed E-state index contributed by atoms with van der Waals surface area (Å²) in [5.41, 5.74) is 2.23. The van der Waals surface area contributed by atoms with E-state index < -0.39 is 29.4 Å². The molecule has 1 fully saturated rings. The number of nitrogens with zero attached hydrogens (tertiary/aromatic N) is 2. The smallest absolute Gasteiger partial charge is 0.411 e. The number of likely N-dealkylation sites (tertiary alicyclic amines) is 1. The Kier molecular flexibility index (Phi) is 8.30. The molecule has 0 saturated carbocycles. The Morgan fingerprint density at radius 3 is 1.68 bits per heavy atom. The maximum atomic E-state index is 13.5. The molecular formula is C35H33BrN2O3. The zero-order valence-electron chi connectivity index (χ0n) is 23.4. The highest BCUT2D eigenvalue weighted by Gasteiger charge is 2.54. The van der Waals surface area contributed by atoms with Crippen LogP contribution in [-0.2, 0) is 15.1 Å². The minimum Gasteiger partial charge on any atom is -0.444 e. The number of hydrogen-bond donors (Lipinski definition) is 0. The van der Waals surface area contributed by atoms with Crippen LogP contribution in [0.15, 0.2) is 120 Å².